The molecule has 3 heteroatoms. The van der Waals surface area contributed by atoms with Gasteiger partial charge in [0, 0.05) is 0 Å². The number of nitrogens with one attached hydrogen (secondary N) is 1. The van der Waals surface area contributed by atoms with Crippen LogP contribution < -0.4 is 5.32 Å². The molecule has 0 radical (unpaired) electrons. The van der Waals surface area contributed by atoms with Crippen LogP contribution in [0.15, 0.2) is 18.2 Å². The summed E-state index contributed by atoms with van der Waals surface area (Å²) in [5, 5.41) is 4.18. The van der Waals surface area contributed by atoms with E-state index in [0.717, 1.165) is 0 Å². The molecule has 13 heavy (non-hydrogen) atoms. The van der Waals surface area contributed by atoms with Crippen LogP contribution in [0.5, 0.6) is 0 Å². The largest absolute Gasteiger partial charge is 0.369 e. The highest BCUT2D eigenvalue weighted by molar-refractivity contribution is 6.39. The highest BCUT2D eigenvalue weighted by atomic mass is 35.5. The van der Waals surface area contributed by atoms with Gasteiger partial charge in [-0.25, -0.2) is 0 Å². The first-order valence-electron chi connectivity index (χ1n) is 3.82. The molecule has 0 aliphatic heterocycles. The first kappa shape index (κ1) is 10.2. The Labute approximate surface area is 88.0 Å². The third kappa shape index (κ3) is 2.55. The van der Waals surface area contributed by atoms with E-state index in [1.165, 1.54) is 0 Å². The number of para-hydroxylation sites is 1. The van der Waals surface area contributed by atoms with Crippen LogP contribution >= 0.6 is 23.2 Å². The Morgan fingerprint density at radius 3 is 2.38 bits per heavy atom. The van der Waals surface area contributed by atoms with Gasteiger partial charge in [0.25, 0.3) is 0 Å². The van der Waals surface area contributed by atoms with Crippen LogP contribution in [0.4, 0.5) is 5.69 Å². The molecule has 0 bridgehead atoms. The minimum absolute atomic E-state index is 0.0857. The summed E-state index contributed by atoms with van der Waals surface area (Å²) in [5.74, 6) is 2.54. The lowest BCUT2D eigenvalue weighted by atomic mass is 10.2. The van der Waals surface area contributed by atoms with Gasteiger partial charge >= 0.3 is 0 Å². The highest BCUT2D eigenvalue weighted by Crippen LogP contribution is 2.30. The molecular formula is C10H9Cl2N. The Morgan fingerprint density at radius 1 is 1.38 bits per heavy atom. The maximum atomic E-state index is 5.92. The molecule has 68 valence electrons. The summed E-state index contributed by atoms with van der Waals surface area (Å²) >= 11 is 11.8. The fourth-order valence-electron chi connectivity index (χ4n) is 0.894. The molecule has 0 heterocycles. The summed E-state index contributed by atoms with van der Waals surface area (Å²) in [4.78, 5) is 0. The molecule has 1 nitrogen and oxygen atoms in total. The van der Waals surface area contributed by atoms with Gasteiger partial charge in [-0.05, 0) is 19.1 Å². The second kappa shape index (κ2) is 4.41. The van der Waals surface area contributed by atoms with Gasteiger partial charge in [-0.3, -0.25) is 0 Å². The van der Waals surface area contributed by atoms with Gasteiger partial charge in [0.1, 0.15) is 0 Å². The van der Waals surface area contributed by atoms with Crippen molar-refractivity contribution in [3.63, 3.8) is 0 Å². The SMILES string of the molecule is C#CC(C)Nc1c(Cl)cccc1Cl. The van der Waals surface area contributed by atoms with Crippen molar-refractivity contribution in [3.05, 3.63) is 28.2 Å². The molecule has 0 spiro atoms. The van der Waals surface area contributed by atoms with Gasteiger partial charge in [0.2, 0.25) is 0 Å². The first-order chi connectivity index (χ1) is 6.15. The number of rotatable bonds is 2. The minimum Gasteiger partial charge on any atom is -0.369 e. The highest BCUT2D eigenvalue weighted by Gasteiger charge is 2.06. The molecular weight excluding hydrogens is 205 g/mol. The monoisotopic (exact) mass is 213 g/mol. The Kier molecular flexibility index (Phi) is 3.48. The summed E-state index contributed by atoms with van der Waals surface area (Å²) in [6.07, 6.45) is 5.22. The van der Waals surface area contributed by atoms with Gasteiger partial charge in [-0.2, -0.15) is 0 Å². The molecule has 0 saturated carbocycles. The van der Waals surface area contributed by atoms with Gasteiger partial charge in [0.15, 0.2) is 0 Å². The molecule has 1 atom stereocenters. The molecule has 1 aromatic rings. The second-order valence-electron chi connectivity index (χ2n) is 2.63. The zero-order valence-corrected chi connectivity index (χ0v) is 8.65. The first-order valence-corrected chi connectivity index (χ1v) is 4.57. The average Bonchev–Trinajstić information content (AvgIpc) is 2.11. The van der Waals surface area contributed by atoms with Crippen LogP contribution in [0.25, 0.3) is 0 Å². The Hall–Kier alpha value is -0.840. The number of terminal acetylenes is 1. The van der Waals surface area contributed by atoms with Gasteiger partial charge in [-0.15, -0.1) is 6.42 Å². The molecule has 1 aromatic carbocycles. The van der Waals surface area contributed by atoms with E-state index in [0.29, 0.717) is 15.7 Å². The van der Waals surface area contributed by atoms with E-state index in [2.05, 4.69) is 11.2 Å². The second-order valence-corrected chi connectivity index (χ2v) is 3.44. The van der Waals surface area contributed by atoms with Crippen LogP contribution in [0.2, 0.25) is 10.0 Å². The fourth-order valence-corrected chi connectivity index (χ4v) is 1.40. The fraction of sp³-hybridized carbons (Fsp3) is 0.200. The number of hydrogen-bond acceptors (Lipinski definition) is 1. The van der Waals surface area contributed by atoms with Crippen LogP contribution in [0, 0.1) is 12.3 Å². The van der Waals surface area contributed by atoms with Crippen molar-refractivity contribution in [2.75, 3.05) is 5.32 Å². The summed E-state index contributed by atoms with van der Waals surface area (Å²) in [7, 11) is 0. The van der Waals surface area contributed by atoms with Crippen molar-refractivity contribution < 1.29 is 0 Å². The average molecular weight is 214 g/mol. The number of hydrogen-bond donors (Lipinski definition) is 1. The lowest BCUT2D eigenvalue weighted by molar-refractivity contribution is 1.04. The quantitative estimate of drug-likeness (QED) is 0.743. The smallest absolute Gasteiger partial charge is 0.0846 e. The molecule has 0 aliphatic rings. The number of halogens is 2. The molecule has 0 fully saturated rings. The van der Waals surface area contributed by atoms with E-state index in [4.69, 9.17) is 29.6 Å². The summed E-state index contributed by atoms with van der Waals surface area (Å²) in [5.41, 5.74) is 0.691. The predicted molar refractivity (Wildman–Crippen MR) is 58.4 cm³/mol. The van der Waals surface area contributed by atoms with E-state index >= 15 is 0 Å². The van der Waals surface area contributed by atoms with E-state index in [9.17, 15) is 0 Å². The Balaban J connectivity index is 2.95. The topological polar surface area (TPSA) is 12.0 Å². The maximum Gasteiger partial charge on any atom is 0.0846 e. The molecule has 1 rings (SSSR count). The van der Waals surface area contributed by atoms with Crippen molar-refractivity contribution in [2.24, 2.45) is 0 Å². The molecule has 0 aromatic heterocycles. The van der Waals surface area contributed by atoms with Crippen molar-refractivity contribution in [1.82, 2.24) is 0 Å². The Morgan fingerprint density at radius 2 is 1.92 bits per heavy atom. The van der Waals surface area contributed by atoms with Crippen molar-refractivity contribution in [2.45, 2.75) is 13.0 Å². The molecule has 1 N–H and O–H groups in total. The summed E-state index contributed by atoms with van der Waals surface area (Å²) < 4.78 is 0. The molecule has 0 saturated heterocycles. The van der Waals surface area contributed by atoms with Gasteiger partial charge in [0.05, 0.1) is 21.8 Å². The lowest BCUT2D eigenvalue weighted by Gasteiger charge is -2.12. The van der Waals surface area contributed by atoms with Crippen LogP contribution in [-0.2, 0) is 0 Å². The van der Waals surface area contributed by atoms with E-state index in [-0.39, 0.29) is 6.04 Å². The molecule has 0 aliphatic carbocycles. The van der Waals surface area contributed by atoms with E-state index in [1.54, 1.807) is 18.2 Å². The minimum atomic E-state index is -0.0857. The van der Waals surface area contributed by atoms with E-state index in [1.807, 2.05) is 6.92 Å². The number of benzene rings is 1. The summed E-state index contributed by atoms with van der Waals surface area (Å²) in [6.45, 7) is 1.86. The Bertz CT molecular complexity index is 321. The van der Waals surface area contributed by atoms with Crippen LogP contribution in [0.1, 0.15) is 6.92 Å². The zero-order chi connectivity index (χ0) is 9.84. The third-order valence-corrected chi connectivity index (χ3v) is 2.20. The lowest BCUT2D eigenvalue weighted by Crippen LogP contribution is -2.12. The van der Waals surface area contributed by atoms with Crippen molar-refractivity contribution >= 4 is 28.9 Å². The van der Waals surface area contributed by atoms with E-state index < -0.39 is 0 Å². The number of anilines is 1. The summed E-state index contributed by atoms with van der Waals surface area (Å²) in [6, 6.07) is 5.23. The van der Waals surface area contributed by atoms with Crippen molar-refractivity contribution in [3.8, 4) is 12.3 Å². The van der Waals surface area contributed by atoms with Gasteiger partial charge in [-0.1, -0.05) is 35.2 Å². The van der Waals surface area contributed by atoms with Crippen molar-refractivity contribution in [1.29, 1.82) is 0 Å². The standard InChI is InChI=1S/C10H9Cl2N/c1-3-7(2)13-10-8(11)5-4-6-9(10)12/h1,4-7,13H,2H3. The van der Waals surface area contributed by atoms with Crippen LogP contribution in [-0.4, -0.2) is 6.04 Å². The normalized spacial score (nSPS) is 11.8. The zero-order valence-electron chi connectivity index (χ0n) is 7.14. The maximum absolute atomic E-state index is 5.92. The third-order valence-electron chi connectivity index (χ3n) is 1.57. The molecule has 1 unspecified atom stereocenters. The molecule has 0 amide bonds. The van der Waals surface area contributed by atoms with Gasteiger partial charge < -0.3 is 5.32 Å². The predicted octanol–water partition coefficient (Wildman–Crippen LogP) is 3.43. The van der Waals surface area contributed by atoms with Crippen LogP contribution in [0.3, 0.4) is 0 Å².